The molecule has 104 heavy (non-hydrogen) atoms. The van der Waals surface area contributed by atoms with Crippen molar-refractivity contribution in [1.82, 2.24) is 110 Å². The molecule has 0 spiro atoms. The van der Waals surface area contributed by atoms with E-state index in [4.69, 9.17) is 82.0 Å². The lowest BCUT2D eigenvalue weighted by Crippen LogP contribution is -2.57. The summed E-state index contributed by atoms with van der Waals surface area (Å²) in [6, 6.07) is 0.480. The lowest BCUT2D eigenvalue weighted by atomic mass is 9.99. The van der Waals surface area contributed by atoms with Gasteiger partial charge in [-0.2, -0.15) is 30.2 Å². The number of nitrogens with zero attached hydrogens (tertiary/aromatic N) is 23. The molecule has 9 aromatic rings. The van der Waals surface area contributed by atoms with Gasteiger partial charge in [-0.3, -0.25) is 9.59 Å². The Morgan fingerprint density at radius 3 is 1.07 bits per heavy atom. The molecular formula is C67H92ClN29O7. The molecule has 36 nitrogen and oxygen atoms in total. The van der Waals surface area contributed by atoms with Crippen molar-refractivity contribution in [2.45, 2.75) is 122 Å². The molecule has 15 rings (SSSR count). The van der Waals surface area contributed by atoms with Gasteiger partial charge >= 0.3 is 6.09 Å². The average Bonchev–Trinajstić information content (AvgIpc) is 1.57. The minimum absolute atomic E-state index is 0. The lowest BCUT2D eigenvalue weighted by Gasteiger charge is -2.37. The Labute approximate surface area is 606 Å². The number of nitrogens with one attached hydrogen (secondary N) is 2. The first-order valence-corrected chi connectivity index (χ1v) is 35.1. The van der Waals surface area contributed by atoms with E-state index in [1.807, 2.05) is 20.5 Å². The molecule has 6 aliphatic heterocycles. The van der Waals surface area contributed by atoms with E-state index in [0.717, 1.165) is 107 Å². The highest BCUT2D eigenvalue weighted by molar-refractivity contribution is 5.94. The number of aromatic nitrogens is 18. The number of nitrogen functional groups attached to an aromatic ring is 3. The maximum absolute atomic E-state index is 13.3. The number of halogens is 1. The summed E-state index contributed by atoms with van der Waals surface area (Å²) in [4.78, 5) is 103. The molecule has 9 aromatic heterocycles. The number of amides is 3. The van der Waals surface area contributed by atoms with E-state index in [-0.39, 0.29) is 54.2 Å². The standard InChI is InChI=1S/C27H38N10O4.C22H30N10O2.C18H23N9O.ClH/c1-26(2,3)41-25(39)34-27(4,5)22(38)35-8-6-18(7-9-35)37-21-19(16-31-37)20(17-14-29-23(28)30-15-17)32-24(33-21)36-10-12-40-13-11-36;1-22(2,24)19(33)30-5-3-15(4-6-30)32-18-16(13-27-32)17(14-11-25-20(23)26-12-14)28-21(29-18)31-7-9-34-10-8-31;19-17-21-9-12(10-22-17)15-14-11-23-27(13-1-3-20-4-2-13)16(14)25-18(24-15)26-5-7-28-8-6-26;/h14-16,18H,6-13H2,1-5H3,(H,34,39)(H2,28,29,30);11-13,15H,3-10,24H2,1-2H3,(H2,23,25,26);9-11,13,20H,1-8H2,(H2,19,21,22);1H. The summed E-state index contributed by atoms with van der Waals surface area (Å²) in [5, 5.41) is 22.8. The number of carbonyl (C=O) groups excluding carboxylic acids is 3. The molecule has 0 aliphatic carbocycles. The van der Waals surface area contributed by atoms with Gasteiger partial charge in [-0.1, -0.05) is 0 Å². The molecule has 6 fully saturated rings. The number of alkyl carbamates (subject to hydrolysis) is 1. The van der Waals surface area contributed by atoms with Crippen molar-refractivity contribution in [3.8, 4) is 33.8 Å². The van der Waals surface area contributed by atoms with Crippen LogP contribution in [0.15, 0.2) is 55.8 Å². The van der Waals surface area contributed by atoms with Crippen LogP contribution >= 0.6 is 12.4 Å². The Morgan fingerprint density at radius 2 is 0.760 bits per heavy atom. The second-order valence-corrected chi connectivity index (χ2v) is 28.4. The summed E-state index contributed by atoms with van der Waals surface area (Å²) in [5.41, 5.74) is 27.3. The molecule has 10 N–H and O–H groups in total. The average molecular weight is 1450 g/mol. The molecular weight excluding hydrogens is 1360 g/mol. The fourth-order valence-electron chi connectivity index (χ4n) is 13.4. The first kappa shape index (κ1) is 73.7. The van der Waals surface area contributed by atoms with Crippen LogP contribution in [0, 0.1) is 0 Å². The van der Waals surface area contributed by atoms with Gasteiger partial charge in [0, 0.05) is 119 Å². The summed E-state index contributed by atoms with van der Waals surface area (Å²) in [6.07, 6.45) is 19.8. The van der Waals surface area contributed by atoms with E-state index in [2.05, 4.69) is 65.0 Å². The number of piperidine rings is 3. The Morgan fingerprint density at radius 1 is 0.452 bits per heavy atom. The van der Waals surface area contributed by atoms with Crippen LogP contribution in [0.5, 0.6) is 0 Å². The van der Waals surface area contributed by atoms with E-state index in [0.29, 0.717) is 140 Å². The minimum Gasteiger partial charge on any atom is -0.444 e. The van der Waals surface area contributed by atoms with Crippen LogP contribution in [0.25, 0.3) is 66.9 Å². The van der Waals surface area contributed by atoms with Gasteiger partial charge in [0.25, 0.3) is 0 Å². The minimum atomic E-state index is -1.11. The van der Waals surface area contributed by atoms with Crippen LogP contribution in [0.4, 0.5) is 40.5 Å². The fourth-order valence-corrected chi connectivity index (χ4v) is 13.4. The fraction of sp³-hybridized carbons (Fsp3) is 0.552. The highest BCUT2D eigenvalue weighted by Crippen LogP contribution is 2.36. The molecule has 554 valence electrons. The van der Waals surface area contributed by atoms with Crippen LogP contribution in [0.3, 0.4) is 0 Å². The van der Waals surface area contributed by atoms with E-state index in [1.54, 1.807) is 103 Å². The number of anilines is 6. The van der Waals surface area contributed by atoms with Gasteiger partial charge in [0.15, 0.2) is 16.9 Å². The highest BCUT2D eigenvalue weighted by Gasteiger charge is 2.39. The van der Waals surface area contributed by atoms with E-state index >= 15 is 0 Å². The molecule has 0 saturated carbocycles. The maximum atomic E-state index is 13.3. The highest BCUT2D eigenvalue weighted by atomic mass is 35.5. The predicted molar refractivity (Wildman–Crippen MR) is 391 cm³/mol. The summed E-state index contributed by atoms with van der Waals surface area (Å²) < 4.78 is 27.8. The molecule has 37 heteroatoms. The normalized spacial score (nSPS) is 17.6. The second kappa shape index (κ2) is 31.5. The summed E-state index contributed by atoms with van der Waals surface area (Å²) in [7, 11) is 0. The third kappa shape index (κ3) is 16.8. The first-order chi connectivity index (χ1) is 49.5. The molecule has 0 atom stereocenters. The summed E-state index contributed by atoms with van der Waals surface area (Å²) >= 11 is 0. The van der Waals surface area contributed by atoms with Crippen LogP contribution < -0.4 is 48.3 Å². The van der Waals surface area contributed by atoms with Crippen LogP contribution in [0.1, 0.15) is 105 Å². The molecule has 6 aliphatic rings. The number of rotatable bonds is 12. The van der Waals surface area contributed by atoms with Crippen molar-refractivity contribution in [2.75, 3.05) is 150 Å². The number of carbonyl (C=O) groups is 3. The monoisotopic (exact) mass is 1450 g/mol. The van der Waals surface area contributed by atoms with Crippen molar-refractivity contribution in [3.63, 3.8) is 0 Å². The van der Waals surface area contributed by atoms with Crippen molar-refractivity contribution in [1.29, 1.82) is 0 Å². The number of ether oxygens (including phenoxy) is 4. The number of hydrogen-bond donors (Lipinski definition) is 6. The van der Waals surface area contributed by atoms with Crippen molar-refractivity contribution in [3.05, 3.63) is 55.8 Å². The number of hydrogen-bond acceptors (Lipinski definition) is 30. The Hall–Kier alpha value is -10.0. The van der Waals surface area contributed by atoms with E-state index < -0.39 is 22.8 Å². The molecule has 0 aromatic carbocycles. The van der Waals surface area contributed by atoms with Crippen LogP contribution in [0.2, 0.25) is 0 Å². The van der Waals surface area contributed by atoms with Gasteiger partial charge in [-0.15, -0.1) is 12.4 Å². The Bertz CT molecular complexity index is 4430. The zero-order valence-corrected chi connectivity index (χ0v) is 60.6. The zero-order chi connectivity index (χ0) is 72.2. The van der Waals surface area contributed by atoms with E-state index in [9.17, 15) is 14.4 Å². The largest absolute Gasteiger partial charge is 0.444 e. The second-order valence-electron chi connectivity index (χ2n) is 28.4. The summed E-state index contributed by atoms with van der Waals surface area (Å²) in [5.74, 6) is 2.37. The SMILES string of the molecule is CC(C)(C)OC(=O)NC(C)(C)C(=O)N1CCC(n2ncc3c(-c4cnc(N)nc4)nc(N4CCOCC4)nc32)CC1.CC(C)(N)C(=O)N1CCC(n2ncc3c(-c4cnc(N)nc4)nc(N4CCOCC4)nc32)CC1.Cl.Nc1ncc(-c2nc(N3CCOCC3)nc3c2cnn3C2CCNCC2)cn1. The topological polar surface area (TPSA) is 441 Å². The maximum Gasteiger partial charge on any atom is 0.408 e. The van der Waals surface area contributed by atoms with E-state index in [1.165, 1.54) is 0 Å². The van der Waals surface area contributed by atoms with Gasteiger partial charge < -0.3 is 77.0 Å². The number of morpholine rings is 3. The third-order valence-electron chi connectivity index (χ3n) is 18.8. The van der Waals surface area contributed by atoms with Crippen LogP contribution in [-0.2, 0) is 28.5 Å². The third-order valence-corrected chi connectivity index (χ3v) is 18.8. The quantitative estimate of drug-likeness (QED) is 0.101. The smallest absolute Gasteiger partial charge is 0.408 e. The summed E-state index contributed by atoms with van der Waals surface area (Å²) in [6.45, 7) is 24.7. The molecule has 15 heterocycles. The van der Waals surface area contributed by atoms with Gasteiger partial charge in [0.2, 0.25) is 47.5 Å². The predicted octanol–water partition coefficient (Wildman–Crippen LogP) is 3.82. The first-order valence-electron chi connectivity index (χ1n) is 35.1. The van der Waals surface area contributed by atoms with Crippen LogP contribution in [-0.4, -0.2) is 252 Å². The van der Waals surface area contributed by atoms with Gasteiger partial charge in [-0.05, 0) is 100 Å². The van der Waals surface area contributed by atoms with Gasteiger partial charge in [0.1, 0.15) is 11.1 Å². The molecule has 0 radical (unpaired) electrons. The van der Waals surface area contributed by atoms with Crippen molar-refractivity contribution < 1.29 is 33.3 Å². The van der Waals surface area contributed by atoms with Gasteiger partial charge in [0.05, 0.1) is 115 Å². The number of fused-ring (bicyclic) bond motifs is 3. The molecule has 6 saturated heterocycles. The molecule has 3 amide bonds. The number of nitrogens with two attached hydrogens (primary N) is 4. The van der Waals surface area contributed by atoms with Crippen molar-refractivity contribution in [2.24, 2.45) is 5.73 Å². The Balaban J connectivity index is 0.000000148. The molecule has 0 bridgehead atoms. The molecule has 0 unspecified atom stereocenters. The Kier molecular flexibility index (Phi) is 22.4. The lowest BCUT2D eigenvalue weighted by molar-refractivity contribution is -0.138. The van der Waals surface area contributed by atoms with Gasteiger partial charge in [-0.25, -0.2) is 63.7 Å². The number of likely N-dealkylation sites (tertiary alicyclic amines) is 2. The zero-order valence-electron chi connectivity index (χ0n) is 59.8. The van der Waals surface area contributed by atoms with Crippen molar-refractivity contribution >= 4 is 99.1 Å².